The van der Waals surface area contributed by atoms with Gasteiger partial charge in [-0.1, -0.05) is 30.7 Å². The molecule has 1 N–H and O–H groups in total. The number of piperidine rings is 1. The first-order valence-electron chi connectivity index (χ1n) is 20.1. The summed E-state index contributed by atoms with van der Waals surface area (Å²) in [6.07, 6.45) is -3.63. The molecule has 0 saturated carbocycles. The van der Waals surface area contributed by atoms with Gasteiger partial charge in [0.2, 0.25) is 11.8 Å². The number of benzene rings is 4. The highest BCUT2D eigenvalue weighted by molar-refractivity contribution is 7.90. The van der Waals surface area contributed by atoms with Gasteiger partial charge in [-0.3, -0.25) is 8.61 Å². The molecule has 2 aliphatic heterocycles. The molecule has 4 aromatic carbocycles. The zero-order valence-corrected chi connectivity index (χ0v) is 37.2. The van der Waals surface area contributed by atoms with Gasteiger partial charge in [-0.2, -0.15) is 43.0 Å². The molecule has 0 amide bonds. The number of halogens is 9. The predicted octanol–water partition coefficient (Wildman–Crippen LogP) is 8.22. The summed E-state index contributed by atoms with van der Waals surface area (Å²) in [6, 6.07) is 17.3. The number of aromatic nitrogens is 4. The summed E-state index contributed by atoms with van der Waals surface area (Å²) < 4.78 is 176. The van der Waals surface area contributed by atoms with Crippen LogP contribution < -0.4 is 13.9 Å². The van der Waals surface area contributed by atoms with Crippen LogP contribution in [-0.2, 0) is 33.5 Å². The minimum absolute atomic E-state index is 0. The topological polar surface area (TPSA) is 171 Å². The van der Waals surface area contributed by atoms with Crippen molar-refractivity contribution in [2.75, 3.05) is 47.9 Å². The SMILES string of the molecule is Cl.O=S(=O)(N1CCCCC1)N(Cc1ccc(-c2nnc(C(F)F)o2)cc1F)c1cccc(F)c1.O=S(=O)(N1CCNCC1)N(Cc1ccc(-c2nnc(C(F)F)o2)cc1F)c1cccc(F)c1. The van der Waals surface area contributed by atoms with E-state index in [-0.39, 0.29) is 70.9 Å². The van der Waals surface area contributed by atoms with Crippen LogP contribution in [0.4, 0.5) is 46.5 Å². The number of piperazine rings is 1. The molecule has 360 valence electrons. The Kier molecular flexibility index (Phi) is 16.6. The predicted molar refractivity (Wildman–Crippen MR) is 229 cm³/mol. The second-order valence-corrected chi connectivity index (χ2v) is 18.4. The summed E-state index contributed by atoms with van der Waals surface area (Å²) in [5.74, 6) is -5.28. The maximum Gasteiger partial charge on any atom is 0.314 e. The Hall–Kier alpha value is -5.73. The van der Waals surface area contributed by atoms with Crippen LogP contribution in [0.25, 0.3) is 22.9 Å². The van der Waals surface area contributed by atoms with Crippen molar-refractivity contribution < 1.29 is 60.8 Å². The number of nitrogens with one attached hydrogen (secondary N) is 1. The van der Waals surface area contributed by atoms with E-state index in [4.69, 9.17) is 8.83 Å². The van der Waals surface area contributed by atoms with Crippen molar-refractivity contribution in [2.24, 2.45) is 0 Å². The van der Waals surface area contributed by atoms with Gasteiger partial charge in [-0.25, -0.2) is 17.6 Å². The lowest BCUT2D eigenvalue weighted by Gasteiger charge is -2.33. The molecule has 6 aromatic rings. The molecule has 2 saturated heterocycles. The van der Waals surface area contributed by atoms with Crippen LogP contribution in [-0.4, -0.2) is 85.1 Å². The number of hydrogen-bond donors (Lipinski definition) is 1. The lowest BCUT2D eigenvalue weighted by Crippen LogP contribution is -2.51. The fraction of sp³-hybridized carbons (Fsp3) is 0.317. The van der Waals surface area contributed by atoms with Crippen molar-refractivity contribution in [3.8, 4) is 22.9 Å². The molecular formula is C41H40ClF8N9O6S2. The molecule has 0 radical (unpaired) electrons. The lowest BCUT2D eigenvalue weighted by molar-refractivity contribution is 0.115. The molecule has 2 aromatic heterocycles. The van der Waals surface area contributed by atoms with E-state index in [0.29, 0.717) is 39.0 Å². The van der Waals surface area contributed by atoms with Gasteiger partial charge in [-0.05, 0) is 73.5 Å². The Labute approximate surface area is 385 Å². The van der Waals surface area contributed by atoms with E-state index in [1.165, 1.54) is 69.3 Å². The summed E-state index contributed by atoms with van der Waals surface area (Å²) in [5, 5.41) is 16.4. The Morgan fingerprint density at radius 1 is 0.567 bits per heavy atom. The number of rotatable bonds is 14. The van der Waals surface area contributed by atoms with Crippen molar-refractivity contribution >= 4 is 44.2 Å². The molecule has 0 unspecified atom stereocenters. The molecule has 0 atom stereocenters. The third-order valence-electron chi connectivity index (χ3n) is 10.3. The summed E-state index contributed by atoms with van der Waals surface area (Å²) in [4.78, 5) is 0. The number of nitrogens with zero attached hydrogens (tertiary/aromatic N) is 8. The Morgan fingerprint density at radius 2 is 0.985 bits per heavy atom. The highest BCUT2D eigenvalue weighted by Gasteiger charge is 2.34. The van der Waals surface area contributed by atoms with Crippen LogP contribution in [0.1, 0.15) is 55.0 Å². The van der Waals surface area contributed by atoms with Crippen molar-refractivity contribution in [1.29, 1.82) is 0 Å². The van der Waals surface area contributed by atoms with E-state index in [9.17, 15) is 52.0 Å². The van der Waals surface area contributed by atoms with Gasteiger partial charge in [0.05, 0.1) is 24.5 Å². The fourth-order valence-electron chi connectivity index (χ4n) is 6.93. The number of anilines is 2. The van der Waals surface area contributed by atoms with Crippen molar-refractivity contribution in [3.63, 3.8) is 0 Å². The quantitative estimate of drug-likeness (QED) is 0.104. The van der Waals surface area contributed by atoms with E-state index < -0.39 is 81.4 Å². The standard InChI is InChI=1S/C21H20F4N4O3S.C20H19F4N5O3S.ClH/c22-16-5-4-6-17(12-16)29(33(30,31)28-9-2-1-3-10-28)13-15-8-7-14(11-18(15)23)20-26-27-21(32-20)19(24)25;21-15-2-1-3-16(11-15)29(33(30,31)28-8-6-25-7-9-28)12-14-5-4-13(10-17(14)22)19-26-27-20(32-19)18(23)24;/h4-8,11-12,19H,1-3,9-10,13H2;1-5,10-11,18,25H,6-9,12H2;1H. The molecule has 26 heteroatoms. The maximum atomic E-state index is 14.9. The summed E-state index contributed by atoms with van der Waals surface area (Å²) in [5.41, 5.74) is 0.190. The van der Waals surface area contributed by atoms with Crippen LogP contribution in [0.2, 0.25) is 0 Å². The van der Waals surface area contributed by atoms with Gasteiger partial charge in [-0.15, -0.1) is 32.8 Å². The van der Waals surface area contributed by atoms with E-state index in [1.807, 2.05) is 0 Å². The summed E-state index contributed by atoms with van der Waals surface area (Å²) >= 11 is 0. The minimum atomic E-state index is -4.11. The zero-order valence-electron chi connectivity index (χ0n) is 34.8. The molecule has 8 rings (SSSR count). The largest absolute Gasteiger partial charge is 0.415 e. The smallest absolute Gasteiger partial charge is 0.314 e. The van der Waals surface area contributed by atoms with Crippen LogP contribution in [0.3, 0.4) is 0 Å². The second kappa shape index (κ2) is 21.9. The molecule has 2 aliphatic rings. The average molecular weight is 1010 g/mol. The van der Waals surface area contributed by atoms with Crippen LogP contribution in [0.15, 0.2) is 93.8 Å². The highest BCUT2D eigenvalue weighted by Crippen LogP contribution is 2.31. The van der Waals surface area contributed by atoms with Crippen LogP contribution in [0, 0.1) is 23.3 Å². The van der Waals surface area contributed by atoms with E-state index in [0.717, 1.165) is 39.3 Å². The summed E-state index contributed by atoms with van der Waals surface area (Å²) in [7, 11) is -8.18. The van der Waals surface area contributed by atoms with E-state index in [1.54, 1.807) is 0 Å². The third-order valence-corrected chi connectivity index (χ3v) is 14.1. The maximum absolute atomic E-state index is 14.9. The molecule has 2 fully saturated rings. The van der Waals surface area contributed by atoms with Gasteiger partial charge in [0, 0.05) is 61.5 Å². The van der Waals surface area contributed by atoms with Gasteiger partial charge in [0.25, 0.3) is 11.8 Å². The fourth-order valence-corrected chi connectivity index (χ4v) is 10.2. The van der Waals surface area contributed by atoms with E-state index in [2.05, 4.69) is 25.7 Å². The first-order valence-corrected chi connectivity index (χ1v) is 22.9. The van der Waals surface area contributed by atoms with Gasteiger partial charge in [0.15, 0.2) is 0 Å². The molecule has 0 spiro atoms. The Morgan fingerprint density at radius 3 is 1.36 bits per heavy atom. The molecule has 0 aliphatic carbocycles. The Balaban J connectivity index is 0.000000218. The average Bonchev–Trinajstić information content (AvgIpc) is 4.01. The first-order chi connectivity index (χ1) is 31.5. The minimum Gasteiger partial charge on any atom is -0.415 e. The van der Waals surface area contributed by atoms with Crippen LogP contribution in [0.5, 0.6) is 0 Å². The normalized spacial score (nSPS) is 15.0. The molecular weight excluding hydrogens is 966 g/mol. The van der Waals surface area contributed by atoms with E-state index >= 15 is 0 Å². The third kappa shape index (κ3) is 12.1. The van der Waals surface area contributed by atoms with Gasteiger partial charge >= 0.3 is 33.3 Å². The van der Waals surface area contributed by atoms with Gasteiger partial charge < -0.3 is 14.2 Å². The van der Waals surface area contributed by atoms with Gasteiger partial charge in [0.1, 0.15) is 23.3 Å². The molecule has 15 nitrogen and oxygen atoms in total. The monoisotopic (exact) mass is 1010 g/mol. The molecule has 0 bridgehead atoms. The second-order valence-electron chi connectivity index (χ2n) is 14.7. The molecule has 67 heavy (non-hydrogen) atoms. The van der Waals surface area contributed by atoms with Crippen molar-refractivity contribution in [3.05, 3.63) is 131 Å². The molecule has 4 heterocycles. The first kappa shape index (κ1) is 50.7. The lowest BCUT2D eigenvalue weighted by atomic mass is 10.1. The van der Waals surface area contributed by atoms with Crippen molar-refractivity contribution in [2.45, 2.75) is 45.2 Å². The Bertz CT molecular complexity index is 2660. The zero-order chi connectivity index (χ0) is 47.2. The highest BCUT2D eigenvalue weighted by atomic mass is 35.5. The summed E-state index contributed by atoms with van der Waals surface area (Å²) in [6.45, 7) is 1.12. The van der Waals surface area contributed by atoms with Crippen molar-refractivity contribution in [1.82, 2.24) is 34.3 Å². The number of hydrogen-bond acceptors (Lipinski definition) is 11. The number of alkyl halides is 4. The van der Waals surface area contributed by atoms with Crippen LogP contribution >= 0.6 is 12.4 Å².